The molecule has 0 N–H and O–H groups in total. The molecule has 1 atom stereocenters. The Morgan fingerprint density at radius 1 is 1.00 bits per heavy atom. The zero-order valence-corrected chi connectivity index (χ0v) is 17.8. The van der Waals surface area contributed by atoms with Gasteiger partial charge in [0.15, 0.2) is 0 Å². The van der Waals surface area contributed by atoms with Crippen molar-refractivity contribution in [2.75, 3.05) is 6.54 Å². The zero-order chi connectivity index (χ0) is 25.0. The highest BCUT2D eigenvalue weighted by molar-refractivity contribution is 6.30. The summed E-state index contributed by atoms with van der Waals surface area (Å²) in [6.45, 7) is -1.09. The largest absolute Gasteiger partial charge is 0.455 e. The van der Waals surface area contributed by atoms with Crippen LogP contribution in [0.15, 0.2) is 42.5 Å². The maximum absolute atomic E-state index is 14.8. The Morgan fingerprint density at radius 3 is 2.06 bits per heavy atom. The minimum absolute atomic E-state index is 0.0312. The number of carbonyl (C=O) groups is 3. The van der Waals surface area contributed by atoms with E-state index in [2.05, 4.69) is 0 Å². The lowest BCUT2D eigenvalue weighted by atomic mass is 9.96. The number of benzene rings is 2. The topological polar surface area (TPSA) is 57.7 Å². The van der Waals surface area contributed by atoms with E-state index in [1.807, 2.05) is 0 Å². The van der Waals surface area contributed by atoms with E-state index >= 15 is 0 Å². The summed E-state index contributed by atoms with van der Waals surface area (Å²) >= 11 is 5.63. The number of hydrogen-bond donors (Lipinski definition) is 0. The first-order chi connectivity index (χ1) is 15.9. The molecule has 180 valence electrons. The van der Waals surface area contributed by atoms with Crippen LogP contribution < -0.4 is 0 Å². The molecule has 1 aliphatic heterocycles. The van der Waals surface area contributed by atoms with E-state index in [1.54, 1.807) is 0 Å². The van der Waals surface area contributed by atoms with Gasteiger partial charge in [-0.05, 0) is 31.0 Å². The lowest BCUT2D eigenvalue weighted by Crippen LogP contribution is -2.54. The van der Waals surface area contributed by atoms with Crippen molar-refractivity contribution in [1.29, 1.82) is 0 Å². The van der Waals surface area contributed by atoms with Crippen molar-refractivity contribution in [3.05, 3.63) is 70.0 Å². The predicted molar refractivity (Wildman–Crippen MR) is 107 cm³/mol. The SMILES string of the molecule is O=C1c2ccccc2C(=O)N1CC(=O)N(C1CC1)C(c1cccc(Cl)c1F)C(F)(F)C(F)(F)F. The molecule has 1 saturated carbocycles. The van der Waals surface area contributed by atoms with Crippen LogP contribution in [0.25, 0.3) is 0 Å². The number of amides is 3. The normalized spacial score (nSPS) is 17.1. The van der Waals surface area contributed by atoms with E-state index in [1.165, 1.54) is 24.3 Å². The van der Waals surface area contributed by atoms with Crippen molar-refractivity contribution in [3.8, 4) is 0 Å². The number of nitrogens with zero attached hydrogens (tertiary/aromatic N) is 2. The molecule has 0 spiro atoms. The molecule has 1 fully saturated rings. The van der Waals surface area contributed by atoms with Gasteiger partial charge in [0.1, 0.15) is 18.4 Å². The molecule has 2 aromatic rings. The summed E-state index contributed by atoms with van der Waals surface area (Å²) < 4.78 is 84.7. The van der Waals surface area contributed by atoms with Crippen molar-refractivity contribution < 1.29 is 40.7 Å². The average molecular weight is 505 g/mol. The van der Waals surface area contributed by atoms with Crippen LogP contribution in [0.4, 0.5) is 26.3 Å². The molecule has 0 aromatic heterocycles. The Labute approximate surface area is 193 Å². The first-order valence-corrected chi connectivity index (χ1v) is 10.4. The number of halogens is 7. The van der Waals surface area contributed by atoms with Crippen LogP contribution in [0.2, 0.25) is 5.02 Å². The molecule has 12 heteroatoms. The van der Waals surface area contributed by atoms with Crippen LogP contribution in [0.1, 0.15) is 45.2 Å². The Kier molecular flexibility index (Phi) is 5.87. The monoisotopic (exact) mass is 504 g/mol. The molecule has 0 radical (unpaired) electrons. The Hall–Kier alpha value is -3.08. The standard InChI is InChI=1S/C22H15ClF6N2O3/c23-15-7-3-6-14(17(15)24)18(21(25,26)22(27,28)29)31(11-8-9-11)16(32)10-30-19(33)12-4-1-2-5-13(12)20(30)34/h1-7,11,18H,8-10H2. The lowest BCUT2D eigenvalue weighted by Gasteiger charge is -2.38. The molecular weight excluding hydrogens is 490 g/mol. The van der Waals surface area contributed by atoms with Crippen LogP contribution in [0, 0.1) is 5.82 Å². The van der Waals surface area contributed by atoms with E-state index < -0.39 is 64.9 Å². The van der Waals surface area contributed by atoms with Crippen LogP contribution in [0.5, 0.6) is 0 Å². The summed E-state index contributed by atoms with van der Waals surface area (Å²) in [7, 11) is 0. The summed E-state index contributed by atoms with van der Waals surface area (Å²) in [5.41, 5.74) is -1.19. The second-order valence-electron chi connectivity index (χ2n) is 7.94. The molecule has 4 rings (SSSR count). The molecule has 1 heterocycles. The van der Waals surface area contributed by atoms with Gasteiger partial charge in [0.2, 0.25) is 5.91 Å². The second kappa shape index (κ2) is 8.30. The molecule has 1 aliphatic carbocycles. The molecule has 0 saturated heterocycles. The number of hydrogen-bond acceptors (Lipinski definition) is 3. The van der Waals surface area contributed by atoms with Gasteiger partial charge >= 0.3 is 12.1 Å². The number of alkyl halides is 5. The maximum atomic E-state index is 14.8. The average Bonchev–Trinajstić information content (AvgIpc) is 3.57. The molecule has 34 heavy (non-hydrogen) atoms. The fourth-order valence-electron chi connectivity index (χ4n) is 3.92. The highest BCUT2D eigenvalue weighted by atomic mass is 35.5. The lowest BCUT2D eigenvalue weighted by molar-refractivity contribution is -0.304. The summed E-state index contributed by atoms with van der Waals surface area (Å²) in [5, 5.41) is -0.705. The van der Waals surface area contributed by atoms with Gasteiger partial charge in [0, 0.05) is 11.6 Å². The van der Waals surface area contributed by atoms with E-state index in [-0.39, 0.29) is 28.9 Å². The van der Waals surface area contributed by atoms with E-state index in [0.717, 1.165) is 12.1 Å². The Balaban J connectivity index is 1.75. The number of carbonyl (C=O) groups excluding carboxylic acids is 3. The third-order valence-corrected chi connectivity index (χ3v) is 5.97. The number of imide groups is 1. The van der Waals surface area contributed by atoms with Crippen molar-refractivity contribution >= 4 is 29.3 Å². The number of rotatable bonds is 6. The van der Waals surface area contributed by atoms with Gasteiger partial charge in [-0.15, -0.1) is 0 Å². The Morgan fingerprint density at radius 2 is 1.56 bits per heavy atom. The molecular formula is C22H15ClF6N2O3. The molecule has 3 amide bonds. The summed E-state index contributed by atoms with van der Waals surface area (Å²) in [6.07, 6.45) is -5.98. The predicted octanol–water partition coefficient (Wildman–Crippen LogP) is 5.01. The van der Waals surface area contributed by atoms with Crippen LogP contribution in [0.3, 0.4) is 0 Å². The van der Waals surface area contributed by atoms with Gasteiger partial charge in [-0.1, -0.05) is 35.9 Å². The van der Waals surface area contributed by atoms with Gasteiger partial charge in [0.05, 0.1) is 16.1 Å². The minimum Gasteiger partial charge on any atom is -0.325 e. The van der Waals surface area contributed by atoms with Gasteiger partial charge in [-0.25, -0.2) is 4.39 Å². The first kappa shape index (κ1) is 24.1. The molecule has 1 unspecified atom stereocenters. The number of fused-ring (bicyclic) bond motifs is 1. The van der Waals surface area contributed by atoms with Crippen molar-refractivity contribution in [3.63, 3.8) is 0 Å². The van der Waals surface area contributed by atoms with Gasteiger partial charge in [0.25, 0.3) is 11.8 Å². The second-order valence-corrected chi connectivity index (χ2v) is 8.35. The van der Waals surface area contributed by atoms with Gasteiger partial charge in [-0.2, -0.15) is 22.0 Å². The smallest absolute Gasteiger partial charge is 0.325 e. The maximum Gasteiger partial charge on any atom is 0.455 e. The zero-order valence-electron chi connectivity index (χ0n) is 17.1. The highest BCUT2D eigenvalue weighted by Gasteiger charge is 2.66. The molecule has 2 aromatic carbocycles. The third-order valence-electron chi connectivity index (χ3n) is 5.68. The quantitative estimate of drug-likeness (QED) is 0.411. The summed E-state index contributed by atoms with van der Waals surface area (Å²) in [6, 6.07) is 4.05. The van der Waals surface area contributed by atoms with Crippen LogP contribution in [-0.4, -0.2) is 52.2 Å². The first-order valence-electron chi connectivity index (χ1n) is 10.0. The van der Waals surface area contributed by atoms with Gasteiger partial charge in [-0.3, -0.25) is 19.3 Å². The fourth-order valence-corrected chi connectivity index (χ4v) is 4.10. The van der Waals surface area contributed by atoms with E-state index in [9.17, 15) is 40.7 Å². The van der Waals surface area contributed by atoms with Crippen molar-refractivity contribution in [2.45, 2.75) is 37.0 Å². The summed E-state index contributed by atoms with van der Waals surface area (Å²) in [5.74, 6) is -10.2. The van der Waals surface area contributed by atoms with Crippen molar-refractivity contribution in [1.82, 2.24) is 9.80 Å². The van der Waals surface area contributed by atoms with Crippen LogP contribution in [-0.2, 0) is 4.79 Å². The van der Waals surface area contributed by atoms with Gasteiger partial charge < -0.3 is 4.90 Å². The third kappa shape index (κ3) is 3.91. The fraction of sp³-hybridized carbons (Fsp3) is 0.318. The molecule has 0 bridgehead atoms. The Bertz CT molecular complexity index is 1150. The van der Waals surface area contributed by atoms with E-state index in [0.29, 0.717) is 11.0 Å². The van der Waals surface area contributed by atoms with Crippen molar-refractivity contribution in [2.24, 2.45) is 0 Å². The molecule has 2 aliphatic rings. The summed E-state index contributed by atoms with van der Waals surface area (Å²) in [4.78, 5) is 39.0. The highest BCUT2D eigenvalue weighted by Crippen LogP contribution is 2.51. The van der Waals surface area contributed by atoms with E-state index in [4.69, 9.17) is 11.6 Å². The van der Waals surface area contributed by atoms with Crippen LogP contribution >= 0.6 is 11.6 Å². The minimum atomic E-state index is -6.14. The molecule has 5 nitrogen and oxygen atoms in total.